The lowest BCUT2D eigenvalue weighted by Crippen LogP contribution is -2.16. The third-order valence-electron chi connectivity index (χ3n) is 5.63. The molecule has 8 heteroatoms. The molecule has 0 saturated carbocycles. The van der Waals surface area contributed by atoms with Crippen molar-refractivity contribution in [3.8, 4) is 11.5 Å². The number of carbonyl (C=O) groups excluding carboxylic acids is 1. The quantitative estimate of drug-likeness (QED) is 0.447. The first kappa shape index (κ1) is 20.6. The number of aryl methyl sites for hydroxylation is 4. The molecule has 3 aromatic heterocycles. The molecule has 0 spiro atoms. The highest BCUT2D eigenvalue weighted by atomic mass is 16.1. The lowest BCUT2D eigenvalue weighted by Gasteiger charge is -2.10. The molecule has 0 aliphatic rings. The zero-order valence-corrected chi connectivity index (χ0v) is 18.9. The number of carbonyl (C=O) groups is 1. The minimum absolute atomic E-state index is 0.212. The molecular weight excluding hydrogens is 414 g/mol. The van der Waals surface area contributed by atoms with Gasteiger partial charge < -0.3 is 5.32 Å². The fourth-order valence-electron chi connectivity index (χ4n) is 3.77. The average molecular weight is 438 g/mol. The normalized spacial score (nSPS) is 11.2. The number of hydrogen-bond acceptors (Lipinski definition) is 5. The number of anilines is 1. The van der Waals surface area contributed by atoms with Gasteiger partial charge in [0.15, 0.2) is 11.5 Å². The van der Waals surface area contributed by atoms with E-state index in [0.717, 1.165) is 22.3 Å². The van der Waals surface area contributed by atoms with Crippen LogP contribution in [0.4, 0.5) is 5.82 Å². The lowest BCUT2D eigenvalue weighted by molar-refractivity contribution is 0.102. The van der Waals surface area contributed by atoms with E-state index in [1.54, 1.807) is 21.6 Å². The van der Waals surface area contributed by atoms with Gasteiger partial charge in [-0.05, 0) is 63.1 Å². The second-order valence-corrected chi connectivity index (χ2v) is 8.17. The van der Waals surface area contributed by atoms with E-state index in [0.29, 0.717) is 22.8 Å². The summed E-state index contributed by atoms with van der Waals surface area (Å²) in [5.74, 6) is 0.858. The van der Waals surface area contributed by atoms with E-state index in [4.69, 9.17) is 0 Å². The van der Waals surface area contributed by atoms with Gasteiger partial charge in [-0.25, -0.2) is 14.6 Å². The molecule has 2 aromatic carbocycles. The van der Waals surface area contributed by atoms with Gasteiger partial charge >= 0.3 is 0 Å². The van der Waals surface area contributed by atoms with Crippen LogP contribution in [0.25, 0.3) is 22.5 Å². The van der Waals surface area contributed by atoms with Gasteiger partial charge in [0.05, 0.1) is 23.0 Å². The van der Waals surface area contributed by atoms with Crippen molar-refractivity contribution < 1.29 is 4.79 Å². The Hall–Kier alpha value is -4.33. The third kappa shape index (κ3) is 3.76. The maximum Gasteiger partial charge on any atom is 0.256 e. The molecule has 0 fully saturated rings. The van der Waals surface area contributed by atoms with Gasteiger partial charge in [-0.15, -0.1) is 0 Å². The van der Waals surface area contributed by atoms with Crippen LogP contribution in [0.5, 0.6) is 0 Å². The fourth-order valence-corrected chi connectivity index (χ4v) is 3.77. The number of nitrogens with one attached hydrogen (secondary N) is 1. The molecule has 0 aliphatic heterocycles. The van der Waals surface area contributed by atoms with E-state index >= 15 is 0 Å². The second-order valence-electron chi connectivity index (χ2n) is 8.17. The highest BCUT2D eigenvalue weighted by Crippen LogP contribution is 2.25. The largest absolute Gasteiger partial charge is 0.306 e. The van der Waals surface area contributed by atoms with Gasteiger partial charge in [0, 0.05) is 11.6 Å². The van der Waals surface area contributed by atoms with Crippen molar-refractivity contribution in [2.24, 2.45) is 0 Å². The molecule has 0 radical (unpaired) electrons. The molecule has 1 amide bonds. The van der Waals surface area contributed by atoms with Crippen LogP contribution in [-0.4, -0.2) is 35.4 Å². The second kappa shape index (κ2) is 7.98. The van der Waals surface area contributed by atoms with E-state index in [-0.39, 0.29) is 5.91 Å². The van der Waals surface area contributed by atoms with Crippen LogP contribution in [0.2, 0.25) is 0 Å². The van der Waals surface area contributed by atoms with Crippen LogP contribution < -0.4 is 5.32 Å². The summed E-state index contributed by atoms with van der Waals surface area (Å²) >= 11 is 0. The fraction of sp³-hybridized carbons (Fsp3) is 0.160. The Labute approximate surface area is 190 Å². The van der Waals surface area contributed by atoms with Crippen molar-refractivity contribution in [1.29, 1.82) is 0 Å². The van der Waals surface area contributed by atoms with Gasteiger partial charge in [-0.3, -0.25) is 4.79 Å². The summed E-state index contributed by atoms with van der Waals surface area (Å²) in [7, 11) is 0. The highest BCUT2D eigenvalue weighted by molar-refractivity contribution is 6.04. The van der Waals surface area contributed by atoms with E-state index in [1.807, 2.05) is 44.2 Å². The average Bonchev–Trinajstić information content (AvgIpc) is 3.39. The molecule has 3 heterocycles. The Bertz CT molecular complexity index is 1510. The number of hydrogen-bond donors (Lipinski definition) is 1. The van der Waals surface area contributed by atoms with Crippen molar-refractivity contribution in [1.82, 2.24) is 29.5 Å². The molecule has 164 valence electrons. The molecule has 33 heavy (non-hydrogen) atoms. The maximum absolute atomic E-state index is 12.9. The Kier molecular flexibility index (Phi) is 4.97. The van der Waals surface area contributed by atoms with Gasteiger partial charge in [0.25, 0.3) is 5.91 Å². The maximum atomic E-state index is 12.9. The van der Waals surface area contributed by atoms with Crippen molar-refractivity contribution in [3.63, 3.8) is 0 Å². The number of fused-ring (bicyclic) bond motifs is 1. The summed E-state index contributed by atoms with van der Waals surface area (Å²) in [6.07, 6.45) is 3.21. The van der Waals surface area contributed by atoms with Crippen LogP contribution in [0.1, 0.15) is 32.7 Å². The van der Waals surface area contributed by atoms with Crippen LogP contribution >= 0.6 is 0 Å². The van der Waals surface area contributed by atoms with Gasteiger partial charge in [0.1, 0.15) is 12.1 Å². The zero-order chi connectivity index (χ0) is 23.1. The van der Waals surface area contributed by atoms with Crippen LogP contribution in [0.15, 0.2) is 61.1 Å². The third-order valence-corrected chi connectivity index (χ3v) is 5.63. The Balaban J connectivity index is 1.57. The summed E-state index contributed by atoms with van der Waals surface area (Å²) in [6.45, 7) is 7.97. The van der Waals surface area contributed by atoms with E-state index < -0.39 is 0 Å². The molecule has 0 aliphatic carbocycles. The summed E-state index contributed by atoms with van der Waals surface area (Å²) in [5.41, 5.74) is 6.32. The molecule has 0 atom stereocenters. The summed E-state index contributed by atoms with van der Waals surface area (Å²) in [6, 6.07) is 15.4. The Morgan fingerprint density at radius 2 is 1.76 bits per heavy atom. The Morgan fingerprint density at radius 1 is 0.909 bits per heavy atom. The number of benzene rings is 2. The predicted molar refractivity (Wildman–Crippen MR) is 127 cm³/mol. The molecule has 8 nitrogen and oxygen atoms in total. The smallest absolute Gasteiger partial charge is 0.256 e. The first-order chi connectivity index (χ1) is 15.9. The lowest BCUT2D eigenvalue weighted by atomic mass is 10.1. The van der Waals surface area contributed by atoms with Crippen molar-refractivity contribution >= 4 is 22.8 Å². The summed E-state index contributed by atoms with van der Waals surface area (Å²) < 4.78 is 3.41. The van der Waals surface area contributed by atoms with Gasteiger partial charge in [-0.1, -0.05) is 23.8 Å². The number of nitrogens with zero attached hydrogens (tertiary/aromatic N) is 6. The monoisotopic (exact) mass is 437 g/mol. The topological polar surface area (TPSA) is 90.5 Å². The summed E-state index contributed by atoms with van der Waals surface area (Å²) in [4.78, 5) is 21.8. The SMILES string of the molecule is Cc1cccc(C(=O)Nc2cc(C)nn2-c2ncnc3c2cnn3-c2ccc(C)c(C)c2)c1. The number of rotatable bonds is 4. The molecule has 0 bridgehead atoms. The van der Waals surface area contributed by atoms with Crippen molar-refractivity contribution in [2.75, 3.05) is 5.32 Å². The van der Waals surface area contributed by atoms with Crippen molar-refractivity contribution in [2.45, 2.75) is 27.7 Å². The van der Waals surface area contributed by atoms with Crippen LogP contribution in [0, 0.1) is 27.7 Å². The van der Waals surface area contributed by atoms with E-state index in [9.17, 15) is 4.79 Å². The van der Waals surface area contributed by atoms with Crippen molar-refractivity contribution in [3.05, 3.63) is 89.0 Å². The van der Waals surface area contributed by atoms with Gasteiger partial charge in [0.2, 0.25) is 0 Å². The standard InChI is InChI=1S/C25H23N7O/c1-15-6-5-7-19(10-15)25(33)29-22-12-18(4)30-32(22)24-21-13-28-31(23(21)26-14-27-24)20-9-8-16(2)17(3)11-20/h5-14H,1-4H3,(H,29,33). The summed E-state index contributed by atoms with van der Waals surface area (Å²) in [5, 5.41) is 12.8. The van der Waals surface area contributed by atoms with Gasteiger partial charge in [-0.2, -0.15) is 14.9 Å². The highest BCUT2D eigenvalue weighted by Gasteiger charge is 2.18. The van der Waals surface area contributed by atoms with E-state index in [2.05, 4.69) is 51.5 Å². The molecule has 1 N–H and O–H groups in total. The Morgan fingerprint density at radius 3 is 2.55 bits per heavy atom. The van der Waals surface area contributed by atoms with Crippen LogP contribution in [0.3, 0.4) is 0 Å². The number of amides is 1. The van der Waals surface area contributed by atoms with Crippen LogP contribution in [-0.2, 0) is 0 Å². The van der Waals surface area contributed by atoms with E-state index in [1.165, 1.54) is 17.5 Å². The number of aromatic nitrogens is 6. The molecule has 0 unspecified atom stereocenters. The molecule has 0 saturated heterocycles. The molecule has 5 aromatic rings. The minimum Gasteiger partial charge on any atom is -0.306 e. The first-order valence-electron chi connectivity index (χ1n) is 10.6. The minimum atomic E-state index is -0.212. The molecule has 5 rings (SSSR count). The zero-order valence-electron chi connectivity index (χ0n) is 18.9. The molecular formula is C25H23N7O. The predicted octanol–water partition coefficient (Wildman–Crippen LogP) is 4.49. The first-order valence-corrected chi connectivity index (χ1v) is 10.6.